The number of hydrogen-bond donors (Lipinski definition) is 2. The quantitative estimate of drug-likeness (QED) is 0.672. The number of carbonyl (C=O) groups excluding carboxylic acids is 2. The summed E-state index contributed by atoms with van der Waals surface area (Å²) in [6.07, 6.45) is 2.32. The molecule has 1 aliphatic heterocycles. The van der Waals surface area contributed by atoms with Gasteiger partial charge in [-0.15, -0.1) is 0 Å². The van der Waals surface area contributed by atoms with E-state index in [2.05, 4.69) is 10.3 Å². The number of amides is 2. The number of aromatic nitrogens is 1. The van der Waals surface area contributed by atoms with Gasteiger partial charge >= 0.3 is 0 Å². The van der Waals surface area contributed by atoms with Crippen molar-refractivity contribution in [2.45, 2.75) is 18.9 Å². The van der Waals surface area contributed by atoms with Crippen LogP contribution in [-0.4, -0.2) is 72.5 Å². The molecular weight excluding hydrogens is 406 g/mol. The molecule has 0 aliphatic carbocycles. The topological polar surface area (TPSA) is 117 Å². The lowest BCUT2D eigenvalue weighted by Gasteiger charge is -2.30. The fraction of sp³-hybridized carbons (Fsp3) is 0.381. The van der Waals surface area contributed by atoms with E-state index in [0.717, 1.165) is 11.3 Å². The van der Waals surface area contributed by atoms with Crippen LogP contribution in [0.4, 0.5) is 0 Å². The smallest absolute Gasteiger partial charge is 0.251 e. The Morgan fingerprint density at radius 1 is 1.10 bits per heavy atom. The minimum absolute atomic E-state index is 0.0750. The second-order valence-corrected chi connectivity index (χ2v) is 9.46. The van der Waals surface area contributed by atoms with Gasteiger partial charge in [0.15, 0.2) is 9.84 Å². The van der Waals surface area contributed by atoms with E-state index in [1.165, 1.54) is 4.90 Å². The summed E-state index contributed by atoms with van der Waals surface area (Å²) in [6, 6.07) is 11.7. The van der Waals surface area contributed by atoms with Crippen LogP contribution in [0.1, 0.15) is 23.2 Å². The van der Waals surface area contributed by atoms with E-state index in [1.54, 1.807) is 30.5 Å². The van der Waals surface area contributed by atoms with E-state index in [1.807, 2.05) is 18.2 Å². The number of aliphatic hydroxyl groups is 1. The highest BCUT2D eigenvalue weighted by molar-refractivity contribution is 7.91. The van der Waals surface area contributed by atoms with Crippen molar-refractivity contribution in [2.24, 2.45) is 0 Å². The molecule has 0 spiro atoms. The Kier molecular flexibility index (Phi) is 7.17. The predicted octanol–water partition coefficient (Wildman–Crippen LogP) is 0.877. The van der Waals surface area contributed by atoms with Crippen molar-refractivity contribution < 1.29 is 23.1 Å². The zero-order chi connectivity index (χ0) is 21.6. The van der Waals surface area contributed by atoms with Gasteiger partial charge in [-0.05, 0) is 37.1 Å². The van der Waals surface area contributed by atoms with E-state index < -0.39 is 21.8 Å². The van der Waals surface area contributed by atoms with E-state index in [0.29, 0.717) is 12.0 Å². The first-order chi connectivity index (χ1) is 14.4. The lowest BCUT2D eigenvalue weighted by molar-refractivity contribution is -0.133. The Morgan fingerprint density at radius 3 is 2.40 bits per heavy atom. The van der Waals surface area contributed by atoms with Gasteiger partial charge in [0.1, 0.15) is 6.04 Å². The van der Waals surface area contributed by atoms with Crippen LogP contribution >= 0.6 is 0 Å². The first-order valence-corrected chi connectivity index (χ1v) is 11.6. The van der Waals surface area contributed by atoms with Crippen molar-refractivity contribution in [3.63, 3.8) is 0 Å². The molecule has 0 unspecified atom stereocenters. The normalized spacial score (nSPS) is 16.6. The highest BCUT2D eigenvalue weighted by Gasteiger charge is 2.30. The lowest BCUT2D eigenvalue weighted by atomic mass is 10.1. The van der Waals surface area contributed by atoms with Gasteiger partial charge in [-0.25, -0.2) is 8.42 Å². The Balaban J connectivity index is 1.68. The van der Waals surface area contributed by atoms with Crippen molar-refractivity contribution in [3.8, 4) is 11.3 Å². The van der Waals surface area contributed by atoms with E-state index in [-0.39, 0.29) is 43.5 Å². The van der Waals surface area contributed by atoms with Gasteiger partial charge in [0.2, 0.25) is 5.91 Å². The molecule has 0 bridgehead atoms. The predicted molar refractivity (Wildman–Crippen MR) is 112 cm³/mol. The molecule has 2 N–H and O–H groups in total. The van der Waals surface area contributed by atoms with Crippen molar-refractivity contribution >= 4 is 21.7 Å². The lowest BCUT2D eigenvalue weighted by Crippen LogP contribution is -2.52. The Morgan fingerprint density at radius 2 is 1.80 bits per heavy atom. The van der Waals surface area contributed by atoms with Crippen LogP contribution in [0.5, 0.6) is 0 Å². The largest absolute Gasteiger partial charge is 0.396 e. The summed E-state index contributed by atoms with van der Waals surface area (Å²) in [5.74, 6) is -0.872. The summed E-state index contributed by atoms with van der Waals surface area (Å²) in [6.45, 7) is 0.129. The minimum Gasteiger partial charge on any atom is -0.396 e. The summed E-state index contributed by atoms with van der Waals surface area (Å²) in [5, 5.41) is 11.9. The molecule has 1 atom stereocenters. The molecule has 8 nitrogen and oxygen atoms in total. The first kappa shape index (κ1) is 21.9. The number of nitrogens with one attached hydrogen (secondary N) is 1. The number of nitrogens with zero attached hydrogens (tertiary/aromatic N) is 2. The van der Waals surface area contributed by atoms with Crippen molar-refractivity contribution in [3.05, 3.63) is 54.2 Å². The van der Waals surface area contributed by atoms with Crippen LogP contribution in [0.25, 0.3) is 11.3 Å². The number of sulfone groups is 1. The number of aliphatic hydroxyl groups excluding tert-OH is 1. The molecule has 1 aromatic carbocycles. The molecule has 1 fully saturated rings. The van der Waals surface area contributed by atoms with Crippen LogP contribution in [0.3, 0.4) is 0 Å². The van der Waals surface area contributed by atoms with E-state index >= 15 is 0 Å². The average Bonchev–Trinajstić information content (AvgIpc) is 2.76. The second kappa shape index (κ2) is 9.82. The molecule has 30 heavy (non-hydrogen) atoms. The Bertz CT molecular complexity index is 963. The van der Waals surface area contributed by atoms with Crippen molar-refractivity contribution in [2.75, 3.05) is 31.2 Å². The molecule has 1 aromatic heterocycles. The zero-order valence-electron chi connectivity index (χ0n) is 16.5. The molecule has 1 saturated heterocycles. The maximum absolute atomic E-state index is 12.8. The Hall–Kier alpha value is -2.78. The summed E-state index contributed by atoms with van der Waals surface area (Å²) in [5.41, 5.74) is 2.06. The van der Waals surface area contributed by atoms with E-state index in [4.69, 9.17) is 5.11 Å². The van der Waals surface area contributed by atoms with Gasteiger partial charge in [0, 0.05) is 37.0 Å². The third kappa shape index (κ3) is 5.64. The number of rotatable bonds is 7. The molecule has 2 heterocycles. The summed E-state index contributed by atoms with van der Waals surface area (Å²) >= 11 is 0. The summed E-state index contributed by atoms with van der Waals surface area (Å²) in [4.78, 5) is 31.3. The van der Waals surface area contributed by atoms with Crippen LogP contribution in [0.2, 0.25) is 0 Å². The van der Waals surface area contributed by atoms with Gasteiger partial charge in [-0.1, -0.05) is 18.2 Å². The minimum atomic E-state index is -3.11. The van der Waals surface area contributed by atoms with Crippen LogP contribution in [0, 0.1) is 0 Å². The maximum atomic E-state index is 12.8. The number of carbonyl (C=O) groups is 2. The summed E-state index contributed by atoms with van der Waals surface area (Å²) < 4.78 is 23.2. The van der Waals surface area contributed by atoms with Gasteiger partial charge < -0.3 is 15.3 Å². The van der Waals surface area contributed by atoms with Crippen LogP contribution in [-0.2, 0) is 14.6 Å². The fourth-order valence-corrected chi connectivity index (χ4v) is 4.47. The SMILES string of the molecule is O=C(N[C@@H](CCCO)C(=O)N1CCS(=O)(=O)CC1)c1ccc(-c2ccccn2)cc1. The monoisotopic (exact) mass is 431 g/mol. The molecule has 9 heteroatoms. The highest BCUT2D eigenvalue weighted by atomic mass is 32.2. The van der Waals surface area contributed by atoms with Gasteiger partial charge in [-0.2, -0.15) is 0 Å². The standard InChI is InChI=1S/C21H25N3O5S/c25-13-3-5-19(21(27)24-11-14-30(28,29)15-12-24)23-20(26)17-8-6-16(7-9-17)18-4-1-2-10-22-18/h1-2,4,6-10,19,25H,3,5,11-15H2,(H,23,26)/t19-/m0/s1. The molecular formula is C21H25N3O5S. The fourth-order valence-electron chi connectivity index (χ4n) is 3.27. The Labute approximate surface area is 175 Å². The molecule has 1 aliphatic rings. The third-order valence-electron chi connectivity index (χ3n) is 5.02. The van der Waals surface area contributed by atoms with Crippen molar-refractivity contribution in [1.29, 1.82) is 0 Å². The van der Waals surface area contributed by atoms with Crippen LogP contribution in [0.15, 0.2) is 48.7 Å². The van der Waals surface area contributed by atoms with Crippen molar-refractivity contribution in [1.82, 2.24) is 15.2 Å². The molecule has 0 radical (unpaired) electrons. The molecule has 3 rings (SSSR count). The third-order valence-corrected chi connectivity index (χ3v) is 6.63. The number of benzene rings is 1. The number of pyridine rings is 1. The van der Waals surface area contributed by atoms with Gasteiger partial charge in [0.25, 0.3) is 5.91 Å². The van der Waals surface area contributed by atoms with E-state index in [9.17, 15) is 18.0 Å². The summed E-state index contributed by atoms with van der Waals surface area (Å²) in [7, 11) is -3.11. The molecule has 2 amide bonds. The van der Waals surface area contributed by atoms with Gasteiger partial charge in [-0.3, -0.25) is 14.6 Å². The molecule has 0 saturated carbocycles. The zero-order valence-corrected chi connectivity index (χ0v) is 17.3. The molecule has 160 valence electrons. The van der Waals surface area contributed by atoms with Crippen LogP contribution < -0.4 is 5.32 Å². The average molecular weight is 432 g/mol. The number of hydrogen-bond acceptors (Lipinski definition) is 6. The molecule has 2 aromatic rings. The first-order valence-electron chi connectivity index (χ1n) is 9.82. The second-order valence-electron chi connectivity index (χ2n) is 7.16. The maximum Gasteiger partial charge on any atom is 0.251 e. The van der Waals surface area contributed by atoms with Gasteiger partial charge in [0.05, 0.1) is 17.2 Å². The highest BCUT2D eigenvalue weighted by Crippen LogP contribution is 2.17.